The normalized spacial score (nSPS) is 17.3. The predicted molar refractivity (Wildman–Crippen MR) is 110 cm³/mol. The van der Waals surface area contributed by atoms with Gasteiger partial charge < -0.3 is 19.4 Å². The fraction of sp³-hybridized carbons (Fsp3) is 0.429. The molecule has 6 nitrogen and oxygen atoms in total. The summed E-state index contributed by atoms with van der Waals surface area (Å²) in [5.41, 5.74) is -0.0288. The quantitative estimate of drug-likeness (QED) is 0.779. The summed E-state index contributed by atoms with van der Waals surface area (Å²) < 4.78 is 32.7. The van der Waals surface area contributed by atoms with Crippen LogP contribution in [0.1, 0.15) is 50.5 Å². The van der Waals surface area contributed by atoms with Crippen LogP contribution < -0.4 is 15.5 Å². The van der Waals surface area contributed by atoms with Crippen molar-refractivity contribution >= 4 is 24.3 Å². The minimum absolute atomic E-state index is 0.120. The molecule has 1 fully saturated rings. The van der Waals surface area contributed by atoms with Gasteiger partial charge >= 0.3 is 7.12 Å². The molecule has 0 aliphatic carbocycles. The molecule has 0 spiro atoms. The molecule has 0 atom stereocenters. The van der Waals surface area contributed by atoms with E-state index in [1.54, 1.807) is 19.2 Å². The molecular weight excluding hydrogens is 374 g/mol. The number of benzene rings is 1. The molecule has 0 bridgehead atoms. The van der Waals surface area contributed by atoms with Crippen molar-refractivity contribution in [1.29, 1.82) is 0 Å². The highest BCUT2D eigenvalue weighted by Crippen LogP contribution is 2.37. The summed E-state index contributed by atoms with van der Waals surface area (Å²) in [5.74, 6) is -0.503. The molecule has 1 amide bonds. The summed E-state index contributed by atoms with van der Waals surface area (Å²) >= 11 is 0. The zero-order valence-electron chi connectivity index (χ0n) is 17.6. The summed E-state index contributed by atoms with van der Waals surface area (Å²) in [6.07, 6.45) is 1.60. The lowest BCUT2D eigenvalue weighted by atomic mass is 9.77. The number of halogens is 1. The number of anilines is 1. The third kappa shape index (κ3) is 4.28. The van der Waals surface area contributed by atoms with Crippen LogP contribution in [0.15, 0.2) is 30.5 Å². The van der Waals surface area contributed by atoms with Crippen molar-refractivity contribution in [3.8, 4) is 5.75 Å². The van der Waals surface area contributed by atoms with Gasteiger partial charge in [0, 0.05) is 11.8 Å². The molecule has 154 valence electrons. The van der Waals surface area contributed by atoms with Crippen LogP contribution >= 0.6 is 0 Å². The molecule has 8 heteroatoms. The molecule has 1 N–H and O–H groups in total. The first-order valence-electron chi connectivity index (χ1n) is 9.60. The van der Waals surface area contributed by atoms with Gasteiger partial charge in [0.05, 0.1) is 23.3 Å². The molecule has 2 aromatic rings. The van der Waals surface area contributed by atoms with Crippen LogP contribution in [0.2, 0.25) is 0 Å². The van der Waals surface area contributed by atoms with Crippen LogP contribution in [0.25, 0.3) is 0 Å². The van der Waals surface area contributed by atoms with Gasteiger partial charge in [-0.3, -0.25) is 4.79 Å². The molecule has 0 radical (unpaired) electrons. The number of aromatic nitrogens is 1. The van der Waals surface area contributed by atoms with Gasteiger partial charge in [0.2, 0.25) is 0 Å². The summed E-state index contributed by atoms with van der Waals surface area (Å²) in [6.45, 7) is 11.5. The van der Waals surface area contributed by atoms with Crippen molar-refractivity contribution in [3.63, 3.8) is 0 Å². The van der Waals surface area contributed by atoms with Crippen molar-refractivity contribution in [2.75, 3.05) is 11.9 Å². The Morgan fingerprint density at radius 1 is 1.21 bits per heavy atom. The number of hydrogen-bond acceptors (Lipinski definition) is 5. The van der Waals surface area contributed by atoms with Crippen LogP contribution in [0, 0.1) is 12.7 Å². The Morgan fingerprint density at radius 3 is 2.45 bits per heavy atom. The maximum absolute atomic E-state index is 15.1. The van der Waals surface area contributed by atoms with Crippen molar-refractivity contribution < 1.29 is 23.2 Å². The Labute approximate surface area is 170 Å². The zero-order chi connectivity index (χ0) is 21.4. The van der Waals surface area contributed by atoms with Gasteiger partial charge in [0.15, 0.2) is 0 Å². The molecule has 2 heterocycles. The lowest BCUT2D eigenvalue weighted by molar-refractivity contribution is 0.00578. The number of ether oxygens (including phenoxy) is 1. The lowest BCUT2D eigenvalue weighted by Gasteiger charge is -2.32. The molecule has 1 saturated heterocycles. The summed E-state index contributed by atoms with van der Waals surface area (Å²) in [5, 5.41) is 2.68. The Hall–Kier alpha value is -2.45. The Morgan fingerprint density at radius 2 is 1.86 bits per heavy atom. The first-order chi connectivity index (χ1) is 13.5. The predicted octanol–water partition coefficient (Wildman–Crippen LogP) is 3.48. The molecule has 1 aromatic heterocycles. The molecule has 0 saturated carbocycles. The molecule has 1 aliphatic rings. The summed E-state index contributed by atoms with van der Waals surface area (Å²) in [7, 11) is -0.933. The van der Waals surface area contributed by atoms with E-state index in [9.17, 15) is 4.79 Å². The number of pyridine rings is 1. The van der Waals surface area contributed by atoms with Crippen molar-refractivity contribution in [2.24, 2.45) is 0 Å². The van der Waals surface area contributed by atoms with E-state index in [0.29, 0.717) is 12.4 Å². The summed E-state index contributed by atoms with van der Waals surface area (Å²) in [4.78, 5) is 16.7. The lowest BCUT2D eigenvalue weighted by Crippen LogP contribution is -2.41. The van der Waals surface area contributed by atoms with Gasteiger partial charge in [-0.1, -0.05) is 0 Å². The second-order valence-electron chi connectivity index (χ2n) is 8.06. The SMILES string of the molecule is CCOc1cc(C(=O)Nc2cc(C)ccn2)cc(F)c1B1OC(C)(C)C(C)(C)O1. The minimum atomic E-state index is -0.933. The molecule has 0 unspecified atom stereocenters. The summed E-state index contributed by atoms with van der Waals surface area (Å²) in [6, 6.07) is 6.21. The Bertz CT molecular complexity index is 917. The number of nitrogens with one attached hydrogen (secondary N) is 1. The number of rotatable bonds is 5. The number of aryl methyl sites for hydroxylation is 1. The van der Waals surface area contributed by atoms with Gasteiger partial charge in [0.25, 0.3) is 5.91 Å². The highest BCUT2D eigenvalue weighted by Gasteiger charge is 2.53. The molecule has 3 rings (SSSR count). The van der Waals surface area contributed by atoms with E-state index < -0.39 is 30.0 Å². The van der Waals surface area contributed by atoms with E-state index in [1.165, 1.54) is 6.07 Å². The number of nitrogens with zero attached hydrogens (tertiary/aromatic N) is 1. The Balaban J connectivity index is 1.94. The molecule has 29 heavy (non-hydrogen) atoms. The minimum Gasteiger partial charge on any atom is -0.494 e. The molecule has 1 aromatic carbocycles. The Kier molecular flexibility index (Phi) is 5.69. The standard InChI is InChI=1S/C21H26BFN2O4/c1-7-27-16-12-14(19(26)25-17-10-13(2)8-9-24-17)11-15(23)18(16)22-28-20(3,4)21(5,6)29-22/h8-12H,7H2,1-6H3,(H,24,25,26). The average Bonchev–Trinajstić information content (AvgIpc) is 2.82. The van der Waals surface area contributed by atoms with E-state index in [2.05, 4.69) is 10.3 Å². The van der Waals surface area contributed by atoms with Gasteiger partial charge in [-0.15, -0.1) is 0 Å². The number of carbonyl (C=O) groups is 1. The van der Waals surface area contributed by atoms with Crippen molar-refractivity contribution in [3.05, 3.63) is 47.4 Å². The molecular formula is C21H26BFN2O4. The molecule has 1 aliphatic heterocycles. The van der Waals surface area contributed by atoms with Crippen LogP contribution in [0.4, 0.5) is 10.2 Å². The van der Waals surface area contributed by atoms with Gasteiger partial charge in [-0.05, 0) is 71.4 Å². The van der Waals surface area contributed by atoms with E-state index in [1.807, 2.05) is 40.7 Å². The van der Waals surface area contributed by atoms with Crippen LogP contribution in [0.5, 0.6) is 5.75 Å². The van der Waals surface area contributed by atoms with E-state index in [-0.39, 0.29) is 16.8 Å². The van der Waals surface area contributed by atoms with Gasteiger partial charge in [-0.2, -0.15) is 0 Å². The van der Waals surface area contributed by atoms with E-state index in [0.717, 1.165) is 11.6 Å². The monoisotopic (exact) mass is 400 g/mol. The topological polar surface area (TPSA) is 69.7 Å². The highest BCUT2D eigenvalue weighted by molar-refractivity contribution is 6.63. The second kappa shape index (κ2) is 7.76. The van der Waals surface area contributed by atoms with E-state index in [4.69, 9.17) is 14.0 Å². The van der Waals surface area contributed by atoms with Crippen molar-refractivity contribution in [1.82, 2.24) is 4.98 Å². The fourth-order valence-corrected chi connectivity index (χ4v) is 2.98. The maximum Gasteiger partial charge on any atom is 0.501 e. The van der Waals surface area contributed by atoms with Crippen LogP contribution in [0.3, 0.4) is 0 Å². The first kappa shape index (κ1) is 21.3. The first-order valence-corrected chi connectivity index (χ1v) is 9.60. The fourth-order valence-electron chi connectivity index (χ4n) is 2.98. The average molecular weight is 400 g/mol. The van der Waals surface area contributed by atoms with E-state index >= 15 is 4.39 Å². The largest absolute Gasteiger partial charge is 0.501 e. The number of hydrogen-bond donors (Lipinski definition) is 1. The smallest absolute Gasteiger partial charge is 0.494 e. The zero-order valence-corrected chi connectivity index (χ0v) is 17.6. The number of amides is 1. The maximum atomic E-state index is 15.1. The number of carbonyl (C=O) groups excluding carboxylic acids is 1. The van der Waals surface area contributed by atoms with Crippen LogP contribution in [-0.4, -0.2) is 35.8 Å². The third-order valence-corrected chi connectivity index (χ3v) is 5.30. The highest BCUT2D eigenvalue weighted by atomic mass is 19.1. The van der Waals surface area contributed by atoms with Gasteiger partial charge in [0.1, 0.15) is 17.4 Å². The third-order valence-electron chi connectivity index (χ3n) is 5.30. The second-order valence-corrected chi connectivity index (χ2v) is 8.06. The van der Waals surface area contributed by atoms with Gasteiger partial charge in [-0.25, -0.2) is 9.37 Å². The van der Waals surface area contributed by atoms with Crippen LogP contribution in [-0.2, 0) is 9.31 Å². The van der Waals surface area contributed by atoms with Crippen molar-refractivity contribution in [2.45, 2.75) is 52.7 Å².